The topological polar surface area (TPSA) is 65.8 Å². The van der Waals surface area contributed by atoms with Gasteiger partial charge >= 0.3 is 0 Å². The van der Waals surface area contributed by atoms with Crippen molar-refractivity contribution in [1.29, 1.82) is 0 Å². The quantitative estimate of drug-likeness (QED) is 0.844. The fourth-order valence-corrected chi connectivity index (χ4v) is 4.44. The highest BCUT2D eigenvalue weighted by Crippen LogP contribution is 2.35. The fourth-order valence-electron chi connectivity index (χ4n) is 4.44. The minimum Gasteiger partial charge on any atom is -0.467 e. The minimum atomic E-state index is -0.266. The minimum absolute atomic E-state index is 0.000235. The molecule has 2 fully saturated rings. The largest absolute Gasteiger partial charge is 0.467 e. The predicted octanol–water partition coefficient (Wildman–Crippen LogP) is 2.25. The lowest BCUT2D eigenvalue weighted by molar-refractivity contribution is -0.129. The first-order valence-electron chi connectivity index (χ1n) is 9.65. The molecule has 3 atom stereocenters. The van der Waals surface area contributed by atoms with Crippen LogP contribution in [-0.4, -0.2) is 54.3 Å². The van der Waals surface area contributed by atoms with Crippen molar-refractivity contribution < 1.29 is 14.0 Å². The van der Waals surface area contributed by atoms with Gasteiger partial charge in [-0.3, -0.25) is 9.59 Å². The third kappa shape index (κ3) is 4.11. The highest BCUT2D eigenvalue weighted by atomic mass is 16.3. The highest BCUT2D eigenvalue weighted by Gasteiger charge is 2.39. The van der Waals surface area contributed by atoms with E-state index in [1.54, 1.807) is 11.2 Å². The molecule has 0 spiro atoms. The molecule has 1 aliphatic heterocycles. The summed E-state index contributed by atoms with van der Waals surface area (Å²) in [4.78, 5) is 28.9. The standard InChI is InChI=1S/C20H31N3O3/c1-15-6-4-8-20(11-15,22(2)3)14-21-19(25)16-10-18(24)23(12-16)13-17-7-5-9-26-17/h5,7,9,15-16H,4,6,8,10-14H2,1-3H3,(H,21,25)/t15-,16+,20+/m1/s1. The van der Waals surface area contributed by atoms with Gasteiger partial charge in [0.15, 0.2) is 0 Å². The Bertz CT molecular complexity index is 628. The average Bonchev–Trinajstić information content (AvgIpc) is 3.23. The third-order valence-corrected chi connectivity index (χ3v) is 6.12. The molecule has 6 nitrogen and oxygen atoms in total. The van der Waals surface area contributed by atoms with Crippen LogP contribution in [0.1, 0.15) is 44.8 Å². The van der Waals surface area contributed by atoms with E-state index in [1.165, 1.54) is 12.8 Å². The summed E-state index contributed by atoms with van der Waals surface area (Å²) in [7, 11) is 4.21. The fraction of sp³-hybridized carbons (Fsp3) is 0.700. The van der Waals surface area contributed by atoms with E-state index in [4.69, 9.17) is 4.42 Å². The van der Waals surface area contributed by atoms with E-state index < -0.39 is 0 Å². The van der Waals surface area contributed by atoms with E-state index in [9.17, 15) is 9.59 Å². The van der Waals surface area contributed by atoms with Gasteiger partial charge < -0.3 is 19.5 Å². The van der Waals surface area contributed by atoms with Crippen molar-refractivity contribution in [2.45, 2.75) is 51.1 Å². The van der Waals surface area contributed by atoms with Gasteiger partial charge in [-0.15, -0.1) is 0 Å². The Labute approximate surface area is 155 Å². The summed E-state index contributed by atoms with van der Waals surface area (Å²) in [6, 6.07) is 3.66. The lowest BCUT2D eigenvalue weighted by Crippen LogP contribution is -2.55. The molecule has 0 radical (unpaired) electrons. The van der Waals surface area contributed by atoms with Crippen LogP contribution >= 0.6 is 0 Å². The van der Waals surface area contributed by atoms with Gasteiger partial charge in [-0.2, -0.15) is 0 Å². The summed E-state index contributed by atoms with van der Waals surface area (Å²) in [5.74, 6) is 1.19. The molecule has 0 aromatic carbocycles. The van der Waals surface area contributed by atoms with Crippen molar-refractivity contribution in [1.82, 2.24) is 15.1 Å². The number of carbonyl (C=O) groups is 2. The SMILES string of the molecule is C[C@@H]1CCC[C@](CNC(=O)[C@H]2CC(=O)N(Cc3ccco3)C2)(N(C)C)C1. The summed E-state index contributed by atoms with van der Waals surface area (Å²) < 4.78 is 5.32. The number of amides is 2. The first-order chi connectivity index (χ1) is 12.4. The second kappa shape index (κ2) is 7.82. The highest BCUT2D eigenvalue weighted by molar-refractivity contribution is 5.89. The molecule has 1 saturated heterocycles. The number of nitrogens with zero attached hydrogens (tertiary/aromatic N) is 2. The van der Waals surface area contributed by atoms with Crippen LogP contribution in [0.2, 0.25) is 0 Å². The lowest BCUT2D eigenvalue weighted by atomic mass is 9.75. The van der Waals surface area contributed by atoms with Gasteiger partial charge in [-0.25, -0.2) is 0 Å². The number of hydrogen-bond donors (Lipinski definition) is 1. The molecule has 1 aromatic rings. The number of hydrogen-bond acceptors (Lipinski definition) is 4. The number of carbonyl (C=O) groups excluding carboxylic acids is 2. The van der Waals surface area contributed by atoms with Crippen LogP contribution in [0, 0.1) is 11.8 Å². The average molecular weight is 361 g/mol. The smallest absolute Gasteiger partial charge is 0.225 e. The zero-order valence-electron chi connectivity index (χ0n) is 16.2. The normalized spacial score (nSPS) is 29.4. The Morgan fingerprint density at radius 1 is 1.46 bits per heavy atom. The van der Waals surface area contributed by atoms with E-state index >= 15 is 0 Å². The Kier molecular flexibility index (Phi) is 5.70. The second-order valence-electron chi connectivity index (χ2n) is 8.29. The molecule has 144 valence electrons. The third-order valence-electron chi connectivity index (χ3n) is 6.12. The molecule has 2 amide bonds. The van der Waals surface area contributed by atoms with E-state index in [1.807, 2.05) is 12.1 Å². The van der Waals surface area contributed by atoms with E-state index in [-0.39, 0.29) is 29.7 Å². The van der Waals surface area contributed by atoms with Crippen molar-refractivity contribution in [3.8, 4) is 0 Å². The van der Waals surface area contributed by atoms with Crippen molar-refractivity contribution >= 4 is 11.8 Å². The lowest BCUT2D eigenvalue weighted by Gasteiger charge is -2.45. The molecule has 2 heterocycles. The molecular formula is C20H31N3O3. The second-order valence-corrected chi connectivity index (χ2v) is 8.29. The number of likely N-dealkylation sites (tertiary alicyclic amines) is 1. The zero-order valence-corrected chi connectivity index (χ0v) is 16.2. The van der Waals surface area contributed by atoms with Gasteiger partial charge in [0.25, 0.3) is 0 Å². The number of furan rings is 1. The monoisotopic (exact) mass is 361 g/mol. The van der Waals surface area contributed by atoms with Gasteiger partial charge in [0.1, 0.15) is 5.76 Å². The maximum Gasteiger partial charge on any atom is 0.225 e. The van der Waals surface area contributed by atoms with Gasteiger partial charge in [0, 0.05) is 25.0 Å². The summed E-state index contributed by atoms with van der Waals surface area (Å²) in [5.41, 5.74) is 0.0315. The molecule has 1 saturated carbocycles. The van der Waals surface area contributed by atoms with Gasteiger partial charge in [0.05, 0.1) is 18.7 Å². The number of likely N-dealkylation sites (N-methyl/N-ethyl adjacent to an activating group) is 1. The Hall–Kier alpha value is -1.82. The first kappa shape index (κ1) is 19.0. The Balaban J connectivity index is 1.55. The van der Waals surface area contributed by atoms with Crippen molar-refractivity contribution in [3.05, 3.63) is 24.2 Å². The first-order valence-corrected chi connectivity index (χ1v) is 9.65. The summed E-state index contributed by atoms with van der Waals surface area (Å²) in [5, 5.41) is 3.15. The van der Waals surface area contributed by atoms with Gasteiger partial charge in [-0.1, -0.05) is 19.8 Å². The summed E-state index contributed by atoms with van der Waals surface area (Å²) >= 11 is 0. The van der Waals surface area contributed by atoms with Crippen molar-refractivity contribution in [2.75, 3.05) is 27.2 Å². The van der Waals surface area contributed by atoms with Crippen LogP contribution in [0.5, 0.6) is 0 Å². The van der Waals surface area contributed by atoms with E-state index in [0.717, 1.165) is 18.6 Å². The molecule has 3 rings (SSSR count). The van der Waals surface area contributed by atoms with E-state index in [2.05, 4.69) is 31.2 Å². The summed E-state index contributed by atoms with van der Waals surface area (Å²) in [6.07, 6.45) is 6.58. The van der Waals surface area contributed by atoms with Gasteiger partial charge in [0.2, 0.25) is 11.8 Å². The molecule has 1 aromatic heterocycles. The molecule has 26 heavy (non-hydrogen) atoms. The predicted molar refractivity (Wildman–Crippen MR) is 99.3 cm³/mol. The van der Waals surface area contributed by atoms with Crippen LogP contribution in [-0.2, 0) is 16.1 Å². The van der Waals surface area contributed by atoms with Crippen molar-refractivity contribution in [3.63, 3.8) is 0 Å². The van der Waals surface area contributed by atoms with Gasteiger partial charge in [-0.05, 0) is 45.0 Å². The molecule has 6 heteroatoms. The molecule has 2 aliphatic rings. The maximum absolute atomic E-state index is 12.7. The van der Waals surface area contributed by atoms with Crippen molar-refractivity contribution in [2.24, 2.45) is 11.8 Å². The molecular weight excluding hydrogens is 330 g/mol. The zero-order chi connectivity index (χ0) is 18.7. The van der Waals surface area contributed by atoms with Crippen LogP contribution in [0.4, 0.5) is 0 Å². The Morgan fingerprint density at radius 3 is 2.92 bits per heavy atom. The molecule has 1 N–H and O–H groups in total. The Morgan fingerprint density at radius 2 is 2.27 bits per heavy atom. The van der Waals surface area contributed by atoms with Crippen LogP contribution in [0.15, 0.2) is 22.8 Å². The maximum atomic E-state index is 12.7. The number of nitrogens with one attached hydrogen (secondary N) is 1. The van der Waals surface area contributed by atoms with Crippen LogP contribution in [0.3, 0.4) is 0 Å². The molecule has 0 unspecified atom stereocenters. The van der Waals surface area contributed by atoms with Crippen LogP contribution in [0.25, 0.3) is 0 Å². The summed E-state index contributed by atoms with van der Waals surface area (Å²) in [6.45, 7) is 3.86. The van der Waals surface area contributed by atoms with E-state index in [0.29, 0.717) is 25.6 Å². The molecule has 0 bridgehead atoms. The molecule has 1 aliphatic carbocycles. The van der Waals surface area contributed by atoms with Crippen LogP contribution < -0.4 is 5.32 Å². The number of rotatable bonds is 6.